The van der Waals surface area contributed by atoms with Crippen LogP contribution in [0.1, 0.15) is 55.1 Å². The van der Waals surface area contributed by atoms with Crippen molar-refractivity contribution < 1.29 is 4.79 Å². The number of carbonyl (C=O) groups excluding carboxylic acids is 1. The van der Waals surface area contributed by atoms with Crippen LogP contribution in [0.2, 0.25) is 0 Å². The molecule has 0 bridgehead atoms. The van der Waals surface area contributed by atoms with Crippen LogP contribution in [-0.2, 0) is 24.2 Å². The lowest BCUT2D eigenvalue weighted by atomic mass is 9.99. The molecule has 0 aliphatic carbocycles. The Morgan fingerprint density at radius 1 is 1.28 bits per heavy atom. The van der Waals surface area contributed by atoms with Crippen molar-refractivity contribution >= 4 is 29.5 Å². The van der Waals surface area contributed by atoms with Crippen molar-refractivity contribution in [1.82, 2.24) is 20.1 Å². The van der Waals surface area contributed by atoms with Gasteiger partial charge < -0.3 is 5.32 Å². The number of hydrogen-bond donors (Lipinski definition) is 2. The van der Waals surface area contributed by atoms with Gasteiger partial charge in [0.15, 0.2) is 4.77 Å². The molecule has 3 aromatic rings. The predicted octanol–water partition coefficient (Wildman–Crippen LogP) is 5.06. The molecule has 0 radical (unpaired) electrons. The van der Waals surface area contributed by atoms with Gasteiger partial charge in [0.1, 0.15) is 12.4 Å². The number of nitrogens with zero attached hydrogens (tertiary/aromatic N) is 2. The van der Waals surface area contributed by atoms with Gasteiger partial charge in [0.05, 0.1) is 6.04 Å². The van der Waals surface area contributed by atoms with Gasteiger partial charge in [-0.15, -0.1) is 11.3 Å². The summed E-state index contributed by atoms with van der Waals surface area (Å²) in [6, 6.07) is 12.5. The first kappa shape index (κ1) is 21.5. The average molecular weight is 429 g/mol. The summed E-state index contributed by atoms with van der Waals surface area (Å²) in [5.74, 6) is 1.36. The summed E-state index contributed by atoms with van der Waals surface area (Å²) in [6.45, 7) is 6.68. The Hall–Kier alpha value is -2.25. The van der Waals surface area contributed by atoms with Gasteiger partial charge in [-0.2, -0.15) is 5.10 Å². The fraction of sp³-hybridized carbons (Fsp3) is 0.409. The molecule has 154 valence electrons. The Morgan fingerprint density at radius 3 is 2.66 bits per heavy atom. The van der Waals surface area contributed by atoms with E-state index in [-0.39, 0.29) is 18.5 Å². The molecule has 0 saturated carbocycles. The number of aryl methyl sites for hydroxylation is 1. The third-order valence-corrected chi connectivity index (χ3v) is 5.95. The highest BCUT2D eigenvalue weighted by molar-refractivity contribution is 7.71. The van der Waals surface area contributed by atoms with Crippen molar-refractivity contribution in [2.75, 3.05) is 0 Å². The molecule has 2 N–H and O–H groups in total. The van der Waals surface area contributed by atoms with Crippen LogP contribution in [0.3, 0.4) is 0 Å². The molecule has 1 unspecified atom stereocenters. The molecule has 0 saturated heterocycles. The third-order valence-electron chi connectivity index (χ3n) is 4.70. The van der Waals surface area contributed by atoms with Crippen LogP contribution in [0.5, 0.6) is 0 Å². The quantitative estimate of drug-likeness (QED) is 0.468. The summed E-state index contributed by atoms with van der Waals surface area (Å²) in [5.41, 5.74) is 2.40. The van der Waals surface area contributed by atoms with Crippen molar-refractivity contribution in [2.24, 2.45) is 5.92 Å². The zero-order chi connectivity index (χ0) is 20.8. The fourth-order valence-corrected chi connectivity index (χ4v) is 4.39. The zero-order valence-electron chi connectivity index (χ0n) is 17.1. The monoisotopic (exact) mass is 428 g/mol. The summed E-state index contributed by atoms with van der Waals surface area (Å²) < 4.78 is 2.26. The maximum atomic E-state index is 12.9. The summed E-state index contributed by atoms with van der Waals surface area (Å²) >= 11 is 6.95. The standard InChI is InChI=1S/C22H28N4OS2/c1-4-6-19-24-25-22(28)26(19)14-20(27)23-21(18-7-5-12-29-18)17-10-8-16(9-11-17)13-15(2)3/h5,7-12,15,21H,4,6,13-14H2,1-3H3,(H,23,27)(H,25,28). The van der Waals surface area contributed by atoms with Gasteiger partial charge in [-0.25, -0.2) is 0 Å². The number of aromatic nitrogens is 3. The second-order valence-electron chi connectivity index (χ2n) is 7.64. The minimum absolute atomic E-state index is 0.0792. The Labute approximate surface area is 181 Å². The molecule has 29 heavy (non-hydrogen) atoms. The van der Waals surface area contributed by atoms with E-state index < -0.39 is 0 Å². The van der Waals surface area contributed by atoms with E-state index in [1.54, 1.807) is 15.9 Å². The van der Waals surface area contributed by atoms with Crippen LogP contribution in [0.15, 0.2) is 41.8 Å². The van der Waals surface area contributed by atoms with Crippen molar-refractivity contribution in [3.63, 3.8) is 0 Å². The lowest BCUT2D eigenvalue weighted by Gasteiger charge is -2.19. The number of aromatic amines is 1. The summed E-state index contributed by atoms with van der Waals surface area (Å²) in [4.78, 5) is 14.0. The van der Waals surface area contributed by atoms with Crippen LogP contribution in [0.25, 0.3) is 0 Å². The van der Waals surface area contributed by atoms with Crippen LogP contribution >= 0.6 is 23.6 Å². The number of carbonyl (C=O) groups is 1. The first-order chi connectivity index (χ1) is 14.0. The number of rotatable bonds is 9. The number of thiophene rings is 1. The van der Waals surface area contributed by atoms with E-state index in [0.717, 1.165) is 35.5 Å². The first-order valence-corrected chi connectivity index (χ1v) is 11.3. The predicted molar refractivity (Wildman–Crippen MR) is 121 cm³/mol. The molecule has 0 aliphatic heterocycles. The first-order valence-electron chi connectivity index (χ1n) is 10.0. The molecule has 5 nitrogen and oxygen atoms in total. The van der Waals surface area contributed by atoms with Gasteiger partial charge in [-0.3, -0.25) is 14.5 Å². The fourth-order valence-electron chi connectivity index (χ4n) is 3.37. The molecule has 0 aliphatic rings. The van der Waals surface area contributed by atoms with Gasteiger partial charge >= 0.3 is 0 Å². The minimum atomic E-state index is -0.175. The molecule has 2 aromatic heterocycles. The number of nitrogens with one attached hydrogen (secondary N) is 2. The van der Waals surface area contributed by atoms with Crippen molar-refractivity contribution in [3.8, 4) is 0 Å². The molecular formula is C22H28N4OS2. The highest BCUT2D eigenvalue weighted by Crippen LogP contribution is 2.27. The molecule has 1 aromatic carbocycles. The number of amides is 1. The average Bonchev–Trinajstić information content (AvgIpc) is 3.33. The molecule has 2 heterocycles. The molecule has 0 spiro atoms. The van der Waals surface area contributed by atoms with E-state index in [1.165, 1.54) is 5.56 Å². The van der Waals surface area contributed by atoms with Gasteiger partial charge in [0.25, 0.3) is 0 Å². The smallest absolute Gasteiger partial charge is 0.240 e. The Balaban J connectivity index is 1.79. The van der Waals surface area contributed by atoms with E-state index in [2.05, 4.69) is 66.6 Å². The van der Waals surface area contributed by atoms with Gasteiger partial charge in [-0.1, -0.05) is 51.1 Å². The number of benzene rings is 1. The Bertz CT molecular complexity index is 971. The lowest BCUT2D eigenvalue weighted by molar-refractivity contribution is -0.122. The van der Waals surface area contributed by atoms with Crippen LogP contribution in [0.4, 0.5) is 0 Å². The number of H-pyrrole nitrogens is 1. The molecule has 1 amide bonds. The normalized spacial score (nSPS) is 12.3. The van der Waals surface area contributed by atoms with E-state index in [0.29, 0.717) is 10.7 Å². The van der Waals surface area contributed by atoms with Crippen molar-refractivity contribution in [2.45, 2.75) is 52.6 Å². The Kier molecular flexibility index (Phi) is 7.39. The Morgan fingerprint density at radius 2 is 2.03 bits per heavy atom. The van der Waals surface area contributed by atoms with Crippen molar-refractivity contribution in [1.29, 1.82) is 0 Å². The largest absolute Gasteiger partial charge is 0.343 e. The second-order valence-corrected chi connectivity index (χ2v) is 9.00. The molecule has 1 atom stereocenters. The van der Waals surface area contributed by atoms with Crippen LogP contribution in [0, 0.1) is 10.7 Å². The third kappa shape index (κ3) is 5.64. The summed E-state index contributed by atoms with van der Waals surface area (Å²) in [7, 11) is 0. The van der Waals surface area contributed by atoms with Crippen molar-refractivity contribution in [3.05, 3.63) is 68.4 Å². The van der Waals surface area contributed by atoms with E-state index in [9.17, 15) is 4.79 Å². The summed E-state index contributed by atoms with van der Waals surface area (Å²) in [5, 5.41) is 12.3. The zero-order valence-corrected chi connectivity index (χ0v) is 18.8. The molecule has 3 rings (SSSR count). The van der Waals surface area contributed by atoms with Crippen LogP contribution < -0.4 is 5.32 Å². The van der Waals surface area contributed by atoms with Gasteiger partial charge in [0, 0.05) is 11.3 Å². The molecule has 0 fully saturated rings. The van der Waals surface area contributed by atoms with Gasteiger partial charge in [0.2, 0.25) is 5.91 Å². The highest BCUT2D eigenvalue weighted by atomic mass is 32.1. The highest BCUT2D eigenvalue weighted by Gasteiger charge is 2.19. The maximum absolute atomic E-state index is 12.9. The van der Waals surface area contributed by atoms with E-state index in [4.69, 9.17) is 12.2 Å². The topological polar surface area (TPSA) is 62.7 Å². The van der Waals surface area contributed by atoms with E-state index in [1.807, 2.05) is 11.4 Å². The molecule has 7 heteroatoms. The molecular weight excluding hydrogens is 400 g/mol. The van der Waals surface area contributed by atoms with E-state index >= 15 is 0 Å². The number of hydrogen-bond acceptors (Lipinski definition) is 4. The second kappa shape index (κ2) is 9.98. The summed E-state index contributed by atoms with van der Waals surface area (Å²) in [6.07, 6.45) is 2.78. The maximum Gasteiger partial charge on any atom is 0.240 e. The van der Waals surface area contributed by atoms with Crippen LogP contribution in [-0.4, -0.2) is 20.7 Å². The SMILES string of the molecule is CCCc1n[nH]c(=S)n1CC(=O)NC(c1ccc(CC(C)C)cc1)c1cccs1. The minimum Gasteiger partial charge on any atom is -0.343 e. The lowest BCUT2D eigenvalue weighted by Crippen LogP contribution is -2.32. The van der Waals surface area contributed by atoms with Gasteiger partial charge in [-0.05, 0) is 53.6 Å².